The smallest absolute Gasteiger partial charge is 0.338 e. The fraction of sp³-hybridized carbons (Fsp3) is 0.286. The number of benzene rings is 2. The third-order valence-corrected chi connectivity index (χ3v) is 7.53. The first-order valence-corrected chi connectivity index (χ1v) is 12.1. The molecule has 2 aromatic carbocycles. The van der Waals surface area contributed by atoms with Crippen molar-refractivity contribution < 1.29 is 17.9 Å². The quantitative estimate of drug-likeness (QED) is 0.392. The van der Waals surface area contributed by atoms with E-state index in [4.69, 9.17) is 4.74 Å². The van der Waals surface area contributed by atoms with Crippen LogP contribution < -0.4 is 0 Å². The van der Waals surface area contributed by atoms with Crippen LogP contribution in [0.25, 0.3) is 21.3 Å². The molecule has 31 heavy (non-hydrogen) atoms. The van der Waals surface area contributed by atoms with Crippen LogP contribution in [0.15, 0.2) is 46.8 Å². The molecule has 0 fully saturated rings. The van der Waals surface area contributed by atoms with Crippen LogP contribution >= 0.6 is 11.3 Å². The average molecular weight is 459 g/mol. The van der Waals surface area contributed by atoms with E-state index >= 15 is 0 Å². The molecule has 0 bridgehead atoms. The van der Waals surface area contributed by atoms with Crippen LogP contribution in [0.3, 0.4) is 0 Å². The molecule has 4 aromatic rings. The molecule has 0 amide bonds. The highest BCUT2D eigenvalue weighted by Crippen LogP contribution is 2.24. The van der Waals surface area contributed by atoms with Crippen molar-refractivity contribution in [2.24, 2.45) is 0 Å². The molecule has 4 rings (SSSR count). The molecule has 0 aliphatic rings. The Morgan fingerprint density at radius 3 is 2.71 bits per heavy atom. The second-order valence-corrected chi connectivity index (χ2v) is 10.3. The number of nitrogens with zero attached hydrogens (tertiary/aromatic N) is 4. The number of imidazole rings is 1. The van der Waals surface area contributed by atoms with Crippen molar-refractivity contribution in [3.8, 4) is 0 Å². The van der Waals surface area contributed by atoms with Crippen LogP contribution in [-0.2, 0) is 27.9 Å². The normalized spacial score (nSPS) is 12.1. The number of thiazole rings is 1. The van der Waals surface area contributed by atoms with Gasteiger partial charge in [-0.1, -0.05) is 6.92 Å². The highest BCUT2D eigenvalue weighted by Gasteiger charge is 2.20. The van der Waals surface area contributed by atoms with Crippen LogP contribution in [0, 0.1) is 0 Å². The lowest BCUT2D eigenvalue weighted by Crippen LogP contribution is -2.22. The van der Waals surface area contributed by atoms with E-state index in [-0.39, 0.29) is 11.5 Å². The molecule has 10 heteroatoms. The first-order chi connectivity index (χ1) is 14.8. The number of carbonyl (C=O) groups is 1. The lowest BCUT2D eigenvalue weighted by molar-refractivity contribution is 0.0458. The number of sulfonamides is 1. The van der Waals surface area contributed by atoms with Gasteiger partial charge in [-0.05, 0) is 42.8 Å². The Morgan fingerprint density at radius 2 is 1.97 bits per heavy atom. The molecule has 0 N–H and O–H groups in total. The number of aromatic nitrogens is 3. The summed E-state index contributed by atoms with van der Waals surface area (Å²) in [5.74, 6) is 0.129. The fourth-order valence-corrected chi connectivity index (χ4v) is 4.95. The van der Waals surface area contributed by atoms with Gasteiger partial charge in [-0.3, -0.25) is 0 Å². The van der Waals surface area contributed by atoms with Crippen molar-refractivity contribution >= 4 is 48.6 Å². The van der Waals surface area contributed by atoms with Crippen molar-refractivity contribution in [1.82, 2.24) is 18.8 Å². The average Bonchev–Trinajstić information content (AvgIpc) is 3.35. The summed E-state index contributed by atoms with van der Waals surface area (Å²) in [7, 11) is -0.585. The molecule has 8 nitrogen and oxygen atoms in total. The molecular weight excluding hydrogens is 436 g/mol. The molecule has 2 heterocycles. The van der Waals surface area contributed by atoms with Gasteiger partial charge in [0.25, 0.3) is 0 Å². The van der Waals surface area contributed by atoms with Crippen LogP contribution in [0.2, 0.25) is 0 Å². The number of esters is 1. The minimum Gasteiger partial charge on any atom is -0.454 e. The van der Waals surface area contributed by atoms with Gasteiger partial charge in [-0.25, -0.2) is 27.5 Å². The summed E-state index contributed by atoms with van der Waals surface area (Å²) in [6, 6.07) is 10.1. The van der Waals surface area contributed by atoms with E-state index in [1.54, 1.807) is 41.9 Å². The van der Waals surface area contributed by atoms with E-state index in [9.17, 15) is 13.2 Å². The summed E-state index contributed by atoms with van der Waals surface area (Å²) in [4.78, 5) is 21.5. The predicted molar refractivity (Wildman–Crippen MR) is 120 cm³/mol. The second kappa shape index (κ2) is 8.37. The van der Waals surface area contributed by atoms with E-state index in [1.165, 1.54) is 29.7 Å². The maximum atomic E-state index is 12.6. The largest absolute Gasteiger partial charge is 0.454 e. The summed E-state index contributed by atoms with van der Waals surface area (Å²) in [6.07, 6.45) is 0.853. The van der Waals surface area contributed by atoms with E-state index in [0.29, 0.717) is 23.4 Å². The minimum absolute atomic E-state index is 0.00992. The molecule has 0 aliphatic heterocycles. The number of ether oxygens (including phenoxy) is 1. The van der Waals surface area contributed by atoms with E-state index < -0.39 is 16.0 Å². The summed E-state index contributed by atoms with van der Waals surface area (Å²) >= 11 is 1.46. The zero-order chi connectivity index (χ0) is 22.2. The molecule has 162 valence electrons. The summed E-state index contributed by atoms with van der Waals surface area (Å²) in [5.41, 5.74) is 4.38. The van der Waals surface area contributed by atoms with Crippen LogP contribution in [-0.4, -0.2) is 47.3 Å². The predicted octanol–water partition coefficient (Wildman–Crippen LogP) is 3.66. The number of rotatable bonds is 7. The van der Waals surface area contributed by atoms with E-state index in [1.807, 2.05) is 11.5 Å². The standard InChI is InChI=1S/C21H22N4O4S2/c1-4-9-25-18-8-6-15(31(27,28)24(2)3)11-17(18)23-20(25)12-29-21(26)14-5-7-16-19(10-14)30-13-22-16/h5-8,10-11,13H,4,9,12H2,1-3H3. The summed E-state index contributed by atoms with van der Waals surface area (Å²) in [6.45, 7) is 2.71. The Morgan fingerprint density at radius 1 is 1.16 bits per heavy atom. The van der Waals surface area contributed by atoms with Crippen molar-refractivity contribution in [1.29, 1.82) is 0 Å². The van der Waals surface area contributed by atoms with Gasteiger partial charge in [0, 0.05) is 20.6 Å². The number of fused-ring (bicyclic) bond motifs is 2. The lowest BCUT2D eigenvalue weighted by Gasteiger charge is -2.11. The van der Waals surface area contributed by atoms with Gasteiger partial charge < -0.3 is 9.30 Å². The van der Waals surface area contributed by atoms with Crippen molar-refractivity contribution in [2.45, 2.75) is 31.4 Å². The molecule has 0 atom stereocenters. The Bertz CT molecular complexity index is 1370. The minimum atomic E-state index is -3.56. The monoisotopic (exact) mass is 458 g/mol. The summed E-state index contributed by atoms with van der Waals surface area (Å²) < 4.78 is 34.5. The molecule has 0 aliphatic carbocycles. The van der Waals surface area contributed by atoms with Crippen molar-refractivity contribution in [3.05, 3.63) is 53.3 Å². The van der Waals surface area contributed by atoms with Crippen LogP contribution in [0.4, 0.5) is 0 Å². The molecule has 0 saturated carbocycles. The Hall–Kier alpha value is -2.82. The Labute approximate surface area is 184 Å². The van der Waals surface area contributed by atoms with E-state index in [0.717, 1.165) is 22.2 Å². The van der Waals surface area contributed by atoms with Gasteiger partial charge in [0.05, 0.1) is 37.2 Å². The first-order valence-electron chi connectivity index (χ1n) is 9.73. The number of hydrogen-bond donors (Lipinski definition) is 0. The Kier molecular flexibility index (Phi) is 5.78. The topological polar surface area (TPSA) is 94.4 Å². The fourth-order valence-electron chi connectivity index (χ4n) is 3.31. The summed E-state index contributed by atoms with van der Waals surface area (Å²) in [5, 5.41) is 0. The van der Waals surface area contributed by atoms with Gasteiger partial charge in [0.1, 0.15) is 12.4 Å². The van der Waals surface area contributed by atoms with Crippen LogP contribution in [0.5, 0.6) is 0 Å². The van der Waals surface area contributed by atoms with Gasteiger partial charge in [0.15, 0.2) is 0 Å². The van der Waals surface area contributed by atoms with Gasteiger partial charge in [-0.15, -0.1) is 11.3 Å². The molecule has 0 radical (unpaired) electrons. The molecule has 2 aromatic heterocycles. The molecular formula is C21H22N4O4S2. The third kappa shape index (κ3) is 4.06. The second-order valence-electron chi connectivity index (χ2n) is 7.23. The van der Waals surface area contributed by atoms with Crippen molar-refractivity contribution in [3.63, 3.8) is 0 Å². The maximum absolute atomic E-state index is 12.6. The molecule has 0 unspecified atom stereocenters. The van der Waals surface area contributed by atoms with Crippen molar-refractivity contribution in [2.75, 3.05) is 14.1 Å². The van der Waals surface area contributed by atoms with Crippen LogP contribution in [0.1, 0.15) is 29.5 Å². The molecule has 0 spiro atoms. The number of aryl methyl sites for hydroxylation is 1. The Balaban J connectivity index is 1.62. The molecule has 0 saturated heterocycles. The lowest BCUT2D eigenvalue weighted by atomic mass is 10.2. The van der Waals surface area contributed by atoms with Gasteiger partial charge in [0.2, 0.25) is 10.0 Å². The first kappa shape index (κ1) is 21.4. The number of hydrogen-bond acceptors (Lipinski definition) is 7. The maximum Gasteiger partial charge on any atom is 0.338 e. The van der Waals surface area contributed by atoms with E-state index in [2.05, 4.69) is 9.97 Å². The zero-order valence-corrected chi connectivity index (χ0v) is 19.0. The zero-order valence-electron chi connectivity index (χ0n) is 17.4. The third-order valence-electron chi connectivity index (χ3n) is 4.92. The number of carbonyl (C=O) groups excluding carboxylic acids is 1. The highest BCUT2D eigenvalue weighted by atomic mass is 32.2. The SMILES string of the molecule is CCCn1c(COC(=O)c2ccc3ncsc3c2)nc2cc(S(=O)(=O)N(C)C)ccc21. The van der Waals surface area contributed by atoms with Gasteiger partial charge in [-0.2, -0.15) is 0 Å². The highest BCUT2D eigenvalue weighted by molar-refractivity contribution is 7.89. The van der Waals surface area contributed by atoms with Gasteiger partial charge >= 0.3 is 5.97 Å².